The third-order valence-corrected chi connectivity index (χ3v) is 4.68. The lowest BCUT2D eigenvalue weighted by atomic mass is 10.1. The van der Waals surface area contributed by atoms with E-state index >= 15 is 0 Å². The second-order valence-corrected chi connectivity index (χ2v) is 7.34. The molecule has 1 aromatic heterocycles. The molecule has 1 aromatic rings. The number of hydrogen-bond acceptors (Lipinski definition) is 5. The van der Waals surface area contributed by atoms with Gasteiger partial charge in [0.15, 0.2) is 0 Å². The molecule has 16 heavy (non-hydrogen) atoms. The first kappa shape index (κ1) is 14.4. The molecule has 0 saturated carbocycles. The quantitative estimate of drug-likeness (QED) is 0.844. The van der Waals surface area contributed by atoms with Crippen LogP contribution in [0.3, 0.4) is 0 Å². The van der Waals surface area contributed by atoms with Crippen molar-refractivity contribution >= 4 is 39.0 Å². The highest BCUT2D eigenvalue weighted by molar-refractivity contribution is 9.11. The van der Waals surface area contributed by atoms with Crippen LogP contribution in [0.1, 0.15) is 24.9 Å². The van der Waals surface area contributed by atoms with Gasteiger partial charge in [-0.15, -0.1) is 11.3 Å². The van der Waals surface area contributed by atoms with E-state index in [9.17, 15) is 5.11 Å². The molecule has 0 saturated heterocycles. The Hall–Kier alpha value is 0.380. The van der Waals surface area contributed by atoms with Gasteiger partial charge in [0.25, 0.3) is 0 Å². The van der Waals surface area contributed by atoms with Gasteiger partial charge >= 0.3 is 0 Å². The van der Waals surface area contributed by atoms with Gasteiger partial charge in [0.2, 0.25) is 0 Å². The molecule has 2 atom stereocenters. The van der Waals surface area contributed by atoms with Gasteiger partial charge in [-0.3, -0.25) is 0 Å². The van der Waals surface area contributed by atoms with Crippen molar-refractivity contribution in [2.45, 2.75) is 25.5 Å². The lowest BCUT2D eigenvalue weighted by Gasteiger charge is -2.24. The summed E-state index contributed by atoms with van der Waals surface area (Å²) in [6.45, 7) is 4.48. The van der Waals surface area contributed by atoms with Gasteiger partial charge in [-0.1, -0.05) is 0 Å². The van der Waals surface area contributed by atoms with E-state index in [1.54, 1.807) is 29.3 Å². The Kier molecular flexibility index (Phi) is 5.73. The molecular weight excluding hydrogens is 308 g/mol. The molecule has 1 rings (SSSR count). The van der Waals surface area contributed by atoms with Crippen LogP contribution in [0.15, 0.2) is 9.98 Å². The van der Waals surface area contributed by atoms with Crippen molar-refractivity contribution in [1.29, 1.82) is 0 Å². The molecule has 3 nitrogen and oxygen atoms in total. The number of aromatic nitrogens is 1. The van der Waals surface area contributed by atoms with Crippen LogP contribution >= 0.6 is 39.0 Å². The van der Waals surface area contributed by atoms with Crippen LogP contribution in [0.2, 0.25) is 0 Å². The second kappa shape index (κ2) is 6.35. The summed E-state index contributed by atoms with van der Waals surface area (Å²) in [6, 6.07) is 0.171. The predicted octanol–water partition coefficient (Wildman–Crippen LogP) is 2.67. The molecule has 0 fully saturated rings. The number of aliphatic hydroxyl groups is 1. The van der Waals surface area contributed by atoms with Gasteiger partial charge in [0.1, 0.15) is 5.01 Å². The zero-order chi connectivity index (χ0) is 12.2. The maximum Gasteiger partial charge on any atom is 0.110 e. The fraction of sp³-hybridized carbons (Fsp3) is 0.700. The van der Waals surface area contributed by atoms with Crippen molar-refractivity contribution < 1.29 is 5.11 Å². The summed E-state index contributed by atoms with van der Waals surface area (Å²) < 4.78 is 1.03. The first-order valence-corrected chi connectivity index (χ1v) is 8.01. The number of hydrogen-bond donors (Lipinski definition) is 2. The van der Waals surface area contributed by atoms with E-state index in [0.29, 0.717) is 6.54 Å². The van der Waals surface area contributed by atoms with Crippen LogP contribution < -0.4 is 5.32 Å². The highest BCUT2D eigenvalue weighted by Crippen LogP contribution is 2.24. The average Bonchev–Trinajstić information content (AvgIpc) is 2.61. The lowest BCUT2D eigenvalue weighted by molar-refractivity contribution is 0.0820. The van der Waals surface area contributed by atoms with E-state index in [0.717, 1.165) is 14.5 Å². The molecule has 0 aromatic carbocycles. The molecule has 0 spiro atoms. The summed E-state index contributed by atoms with van der Waals surface area (Å²) in [5.74, 6) is 0.730. The molecule has 0 aliphatic rings. The van der Waals surface area contributed by atoms with Gasteiger partial charge in [-0.2, -0.15) is 11.8 Å². The number of nitrogens with zero attached hydrogens (tertiary/aromatic N) is 1. The largest absolute Gasteiger partial charge is 0.388 e. The SMILES string of the molecule is CSCC(C)(O)CNC(C)c1ncc(Br)s1. The maximum atomic E-state index is 10.0. The van der Waals surface area contributed by atoms with Crippen molar-refractivity contribution in [2.24, 2.45) is 0 Å². The first-order chi connectivity index (χ1) is 7.44. The molecule has 6 heteroatoms. The second-order valence-electron chi connectivity index (χ2n) is 4.04. The third-order valence-electron chi connectivity index (χ3n) is 2.11. The average molecular weight is 325 g/mol. The van der Waals surface area contributed by atoms with Crippen molar-refractivity contribution in [1.82, 2.24) is 10.3 Å². The zero-order valence-corrected chi connectivity index (χ0v) is 12.9. The summed E-state index contributed by atoms with van der Waals surface area (Å²) in [4.78, 5) is 4.28. The summed E-state index contributed by atoms with van der Waals surface area (Å²) in [5.41, 5.74) is -0.665. The third kappa shape index (κ3) is 4.71. The van der Waals surface area contributed by atoms with Crippen LogP contribution in [0.4, 0.5) is 0 Å². The van der Waals surface area contributed by atoms with Crippen LogP contribution in [0.25, 0.3) is 0 Å². The Morgan fingerprint density at radius 2 is 2.44 bits per heavy atom. The van der Waals surface area contributed by atoms with Crippen molar-refractivity contribution in [3.63, 3.8) is 0 Å². The van der Waals surface area contributed by atoms with Crippen molar-refractivity contribution in [2.75, 3.05) is 18.6 Å². The molecular formula is C10H17BrN2OS2. The Morgan fingerprint density at radius 1 is 1.75 bits per heavy atom. The minimum Gasteiger partial charge on any atom is -0.388 e. The van der Waals surface area contributed by atoms with Gasteiger partial charge in [-0.25, -0.2) is 4.98 Å². The number of halogens is 1. The van der Waals surface area contributed by atoms with Crippen molar-refractivity contribution in [3.05, 3.63) is 15.0 Å². The minimum atomic E-state index is -0.665. The molecule has 1 heterocycles. The molecule has 0 aliphatic carbocycles. The van der Waals surface area contributed by atoms with E-state index in [1.165, 1.54) is 0 Å². The molecule has 2 unspecified atom stereocenters. The normalized spacial score (nSPS) is 17.1. The number of thiazole rings is 1. The van der Waals surface area contributed by atoms with E-state index in [2.05, 4.69) is 33.2 Å². The molecule has 92 valence electrons. The molecule has 0 aliphatic heterocycles. The highest BCUT2D eigenvalue weighted by atomic mass is 79.9. The monoisotopic (exact) mass is 324 g/mol. The van der Waals surface area contributed by atoms with Gasteiger partial charge < -0.3 is 10.4 Å². The Morgan fingerprint density at radius 3 is 2.94 bits per heavy atom. The molecule has 0 radical (unpaired) electrons. The zero-order valence-electron chi connectivity index (χ0n) is 9.66. The van der Waals surface area contributed by atoms with Crippen LogP contribution in [-0.4, -0.2) is 34.2 Å². The van der Waals surface area contributed by atoms with Gasteiger partial charge in [0.05, 0.1) is 21.6 Å². The van der Waals surface area contributed by atoms with Crippen LogP contribution in [0, 0.1) is 0 Å². The maximum absolute atomic E-state index is 10.0. The highest BCUT2D eigenvalue weighted by Gasteiger charge is 2.21. The van der Waals surface area contributed by atoms with Crippen molar-refractivity contribution in [3.8, 4) is 0 Å². The van der Waals surface area contributed by atoms with Gasteiger partial charge in [-0.05, 0) is 36.0 Å². The summed E-state index contributed by atoms with van der Waals surface area (Å²) in [5, 5.41) is 14.3. The van der Waals surface area contributed by atoms with Crippen LogP contribution in [-0.2, 0) is 0 Å². The van der Waals surface area contributed by atoms with E-state index < -0.39 is 5.60 Å². The fourth-order valence-corrected chi connectivity index (χ4v) is 3.28. The topological polar surface area (TPSA) is 45.1 Å². The number of nitrogens with one attached hydrogen (secondary N) is 1. The van der Waals surface area contributed by atoms with Gasteiger partial charge in [0, 0.05) is 12.3 Å². The standard InChI is InChI=1S/C10H17BrN2OS2/c1-7(9-12-4-8(11)16-9)13-5-10(2,14)6-15-3/h4,7,13-14H,5-6H2,1-3H3. The number of thioether (sulfide) groups is 1. The molecule has 0 bridgehead atoms. The Labute approximate surface area is 113 Å². The Bertz CT molecular complexity index is 330. The molecule has 0 amide bonds. The Balaban J connectivity index is 2.43. The van der Waals surface area contributed by atoms with E-state index in [1.807, 2.05) is 13.2 Å². The number of rotatable bonds is 6. The summed E-state index contributed by atoms with van der Waals surface area (Å²) in [6.07, 6.45) is 3.80. The van der Waals surface area contributed by atoms with Crippen LogP contribution in [0.5, 0.6) is 0 Å². The minimum absolute atomic E-state index is 0.171. The first-order valence-electron chi connectivity index (χ1n) is 5.00. The van der Waals surface area contributed by atoms with E-state index in [4.69, 9.17) is 0 Å². The molecule has 2 N–H and O–H groups in total. The predicted molar refractivity (Wildman–Crippen MR) is 75.2 cm³/mol. The summed E-state index contributed by atoms with van der Waals surface area (Å²) in [7, 11) is 0. The smallest absolute Gasteiger partial charge is 0.110 e. The summed E-state index contributed by atoms with van der Waals surface area (Å²) >= 11 is 6.66. The van der Waals surface area contributed by atoms with E-state index in [-0.39, 0.29) is 6.04 Å². The lowest BCUT2D eigenvalue weighted by Crippen LogP contribution is -2.40. The fourth-order valence-electron chi connectivity index (χ4n) is 1.29.